The Morgan fingerprint density at radius 3 is 2.62 bits per heavy atom. The van der Waals surface area contributed by atoms with Crippen LogP contribution in [-0.2, 0) is 16.0 Å². The number of nitrogens with one attached hydrogen (secondary N) is 1. The zero-order valence-electron chi connectivity index (χ0n) is 16.9. The van der Waals surface area contributed by atoms with Gasteiger partial charge in [-0.3, -0.25) is 19.3 Å². The van der Waals surface area contributed by atoms with Crippen LogP contribution in [-0.4, -0.2) is 34.3 Å². The van der Waals surface area contributed by atoms with E-state index in [2.05, 4.69) is 5.32 Å². The average molecular weight is 391 g/mol. The molecule has 29 heavy (non-hydrogen) atoms. The van der Waals surface area contributed by atoms with E-state index in [-0.39, 0.29) is 36.6 Å². The summed E-state index contributed by atoms with van der Waals surface area (Å²) in [5.41, 5.74) is 1.37. The van der Waals surface area contributed by atoms with Gasteiger partial charge in [0, 0.05) is 24.6 Å². The molecule has 2 aromatic rings. The molecule has 2 heterocycles. The number of carbonyl (C=O) groups is 3. The monoisotopic (exact) mass is 391 g/mol. The molecule has 0 bridgehead atoms. The van der Waals surface area contributed by atoms with Crippen LogP contribution >= 0.6 is 0 Å². The zero-order chi connectivity index (χ0) is 20.8. The molecule has 1 saturated heterocycles. The Morgan fingerprint density at radius 2 is 1.90 bits per heavy atom. The lowest BCUT2D eigenvalue weighted by Crippen LogP contribution is -2.70. The van der Waals surface area contributed by atoms with E-state index < -0.39 is 5.66 Å². The second-order valence-corrected chi connectivity index (χ2v) is 7.84. The van der Waals surface area contributed by atoms with Crippen LogP contribution in [0.25, 0.3) is 0 Å². The second-order valence-electron chi connectivity index (χ2n) is 7.84. The van der Waals surface area contributed by atoms with Crippen molar-refractivity contribution in [2.75, 3.05) is 10.2 Å². The molecule has 0 saturated carbocycles. The number of hydrogen-bond donors (Lipinski definition) is 1. The normalized spacial score (nSPS) is 20.7. The molecule has 0 unspecified atom stereocenters. The van der Waals surface area contributed by atoms with E-state index in [9.17, 15) is 14.4 Å². The molecule has 0 spiro atoms. The average Bonchev–Trinajstić information content (AvgIpc) is 3.06. The Bertz CT molecular complexity index is 1000. The molecule has 0 aliphatic carbocycles. The van der Waals surface area contributed by atoms with Gasteiger partial charge in [-0.2, -0.15) is 0 Å². The fourth-order valence-electron chi connectivity index (χ4n) is 4.51. The van der Waals surface area contributed by atoms with E-state index in [4.69, 9.17) is 0 Å². The minimum atomic E-state index is -1.36. The molecule has 2 aliphatic heterocycles. The standard InChI is InChI=1S/C23H25N3O3/c1-4-16-8-7-9-17(14-16)24-22(29)23-13-12-20(27)26(23)19-11-6-5-10-18(19)21(28)25(23)15(2)3/h5-11,14-15H,4,12-13H2,1-3H3,(H,24,29)/t23-/m0/s1. The summed E-state index contributed by atoms with van der Waals surface area (Å²) in [6.07, 6.45) is 1.33. The van der Waals surface area contributed by atoms with Gasteiger partial charge in [0.05, 0.1) is 11.3 Å². The summed E-state index contributed by atoms with van der Waals surface area (Å²) in [6.45, 7) is 5.80. The summed E-state index contributed by atoms with van der Waals surface area (Å²) in [7, 11) is 0. The van der Waals surface area contributed by atoms with Crippen molar-refractivity contribution in [1.82, 2.24) is 4.90 Å². The Hall–Kier alpha value is -3.15. The largest absolute Gasteiger partial charge is 0.322 e. The number of fused-ring (bicyclic) bond motifs is 3. The molecule has 0 radical (unpaired) electrons. The SMILES string of the molecule is CCc1cccc(NC(=O)[C@]23CCC(=O)N2c2ccccc2C(=O)N3C(C)C)c1. The number of rotatable bonds is 4. The quantitative estimate of drug-likeness (QED) is 0.866. The zero-order valence-corrected chi connectivity index (χ0v) is 16.9. The first-order valence-corrected chi connectivity index (χ1v) is 10.1. The van der Waals surface area contributed by atoms with Gasteiger partial charge < -0.3 is 10.2 Å². The number of amides is 3. The topological polar surface area (TPSA) is 69.7 Å². The summed E-state index contributed by atoms with van der Waals surface area (Å²) in [6, 6.07) is 14.4. The lowest BCUT2D eigenvalue weighted by molar-refractivity contribution is -0.129. The highest BCUT2D eigenvalue weighted by Gasteiger charge is 2.61. The van der Waals surface area contributed by atoms with Crippen molar-refractivity contribution in [3.8, 4) is 0 Å². The van der Waals surface area contributed by atoms with E-state index in [0.29, 0.717) is 16.9 Å². The van der Waals surface area contributed by atoms with Crippen LogP contribution in [0, 0.1) is 0 Å². The first-order valence-electron chi connectivity index (χ1n) is 10.1. The Morgan fingerprint density at radius 1 is 1.14 bits per heavy atom. The van der Waals surface area contributed by atoms with Gasteiger partial charge in [0.25, 0.3) is 11.8 Å². The molecule has 6 heteroatoms. The van der Waals surface area contributed by atoms with Gasteiger partial charge in [-0.1, -0.05) is 31.2 Å². The lowest BCUT2D eigenvalue weighted by Gasteiger charge is -2.50. The number of anilines is 2. The van der Waals surface area contributed by atoms with Crippen molar-refractivity contribution < 1.29 is 14.4 Å². The summed E-state index contributed by atoms with van der Waals surface area (Å²) in [5, 5.41) is 2.98. The van der Waals surface area contributed by atoms with Gasteiger partial charge in [0.1, 0.15) is 0 Å². The molecule has 3 amide bonds. The van der Waals surface area contributed by atoms with E-state index >= 15 is 0 Å². The van der Waals surface area contributed by atoms with Gasteiger partial charge in [-0.15, -0.1) is 0 Å². The predicted octanol–water partition coefficient (Wildman–Crippen LogP) is 3.58. The van der Waals surface area contributed by atoms with Crippen LogP contribution < -0.4 is 10.2 Å². The molecule has 2 aromatic carbocycles. The molecular weight excluding hydrogens is 366 g/mol. The molecule has 1 atom stereocenters. The second kappa shape index (κ2) is 7.03. The van der Waals surface area contributed by atoms with Gasteiger partial charge in [0.2, 0.25) is 11.6 Å². The number of nitrogens with zero attached hydrogens (tertiary/aromatic N) is 2. The molecule has 1 fully saturated rings. The van der Waals surface area contributed by atoms with Gasteiger partial charge >= 0.3 is 0 Å². The van der Waals surface area contributed by atoms with Crippen LogP contribution in [0.4, 0.5) is 11.4 Å². The molecule has 150 valence electrons. The van der Waals surface area contributed by atoms with Crippen LogP contribution in [0.1, 0.15) is 49.5 Å². The predicted molar refractivity (Wildman–Crippen MR) is 112 cm³/mol. The van der Waals surface area contributed by atoms with Crippen molar-refractivity contribution >= 4 is 29.1 Å². The van der Waals surface area contributed by atoms with Crippen LogP contribution in [0.3, 0.4) is 0 Å². The Kier molecular flexibility index (Phi) is 4.65. The summed E-state index contributed by atoms with van der Waals surface area (Å²) < 4.78 is 0. The van der Waals surface area contributed by atoms with Crippen molar-refractivity contribution in [1.29, 1.82) is 0 Å². The van der Waals surface area contributed by atoms with E-state index in [0.717, 1.165) is 12.0 Å². The van der Waals surface area contributed by atoms with Gasteiger partial charge in [0.15, 0.2) is 0 Å². The van der Waals surface area contributed by atoms with E-state index in [1.54, 1.807) is 29.2 Å². The highest BCUT2D eigenvalue weighted by atomic mass is 16.2. The molecular formula is C23H25N3O3. The highest BCUT2D eigenvalue weighted by Crippen LogP contribution is 2.45. The minimum absolute atomic E-state index is 0.145. The van der Waals surface area contributed by atoms with Crippen molar-refractivity contribution in [2.45, 2.75) is 51.7 Å². The minimum Gasteiger partial charge on any atom is -0.322 e. The number of carbonyl (C=O) groups excluding carboxylic acids is 3. The summed E-state index contributed by atoms with van der Waals surface area (Å²) in [5.74, 6) is -0.722. The first kappa shape index (κ1) is 19.2. The maximum Gasteiger partial charge on any atom is 0.271 e. The van der Waals surface area contributed by atoms with Crippen molar-refractivity contribution in [2.24, 2.45) is 0 Å². The van der Waals surface area contributed by atoms with E-state index in [1.807, 2.05) is 45.0 Å². The van der Waals surface area contributed by atoms with Crippen LogP contribution in [0.5, 0.6) is 0 Å². The third kappa shape index (κ3) is 2.82. The third-order valence-electron chi connectivity index (χ3n) is 5.77. The van der Waals surface area contributed by atoms with Crippen LogP contribution in [0.15, 0.2) is 48.5 Å². The lowest BCUT2D eigenvalue weighted by atomic mass is 9.94. The van der Waals surface area contributed by atoms with Gasteiger partial charge in [-0.05, 0) is 50.1 Å². The van der Waals surface area contributed by atoms with Crippen molar-refractivity contribution in [3.05, 3.63) is 59.7 Å². The summed E-state index contributed by atoms with van der Waals surface area (Å²) >= 11 is 0. The maximum absolute atomic E-state index is 13.7. The molecule has 0 aromatic heterocycles. The highest BCUT2D eigenvalue weighted by molar-refractivity contribution is 6.18. The number of para-hydroxylation sites is 1. The van der Waals surface area contributed by atoms with Gasteiger partial charge in [-0.25, -0.2) is 0 Å². The molecule has 2 aliphatic rings. The number of hydrogen-bond acceptors (Lipinski definition) is 3. The Labute approximate surface area is 170 Å². The fourth-order valence-corrected chi connectivity index (χ4v) is 4.51. The number of benzene rings is 2. The number of aryl methyl sites for hydroxylation is 1. The van der Waals surface area contributed by atoms with E-state index in [1.165, 1.54) is 4.90 Å². The summed E-state index contributed by atoms with van der Waals surface area (Å²) in [4.78, 5) is 43.1. The first-order chi connectivity index (χ1) is 13.9. The van der Waals surface area contributed by atoms with Crippen LogP contribution in [0.2, 0.25) is 0 Å². The fraction of sp³-hybridized carbons (Fsp3) is 0.348. The third-order valence-corrected chi connectivity index (χ3v) is 5.77. The molecule has 1 N–H and O–H groups in total. The van der Waals surface area contributed by atoms with Crippen molar-refractivity contribution in [3.63, 3.8) is 0 Å². The molecule has 4 rings (SSSR count). The smallest absolute Gasteiger partial charge is 0.271 e. The Balaban J connectivity index is 1.84. The molecule has 6 nitrogen and oxygen atoms in total. The maximum atomic E-state index is 13.7.